The maximum Gasteiger partial charge on any atom is 0.300 e. The number of nitrogens with zero attached hydrogens (tertiary/aromatic N) is 2. The normalized spacial score (nSPS) is 16.1. The Labute approximate surface area is 164 Å². The van der Waals surface area contributed by atoms with Crippen molar-refractivity contribution in [2.45, 2.75) is 26.8 Å². The summed E-state index contributed by atoms with van der Waals surface area (Å²) in [5, 5.41) is 0. The van der Waals surface area contributed by atoms with Gasteiger partial charge >= 0.3 is 5.91 Å². The molecule has 2 aliphatic heterocycles. The fourth-order valence-electron chi connectivity index (χ4n) is 3.87. The quantitative estimate of drug-likeness (QED) is 0.721. The lowest BCUT2D eigenvalue weighted by Gasteiger charge is -2.32. The highest BCUT2D eigenvalue weighted by Gasteiger charge is 2.36. The number of carbonyl (C=O) groups excluding carboxylic acids is 2. The van der Waals surface area contributed by atoms with Crippen LogP contribution in [0.4, 0.5) is 5.69 Å². The predicted molar refractivity (Wildman–Crippen MR) is 106 cm³/mol. The number of benzene rings is 2. The van der Waals surface area contributed by atoms with Gasteiger partial charge in [0.25, 0.3) is 5.78 Å². The van der Waals surface area contributed by atoms with Crippen LogP contribution in [-0.4, -0.2) is 43.0 Å². The van der Waals surface area contributed by atoms with Crippen LogP contribution < -0.4 is 14.4 Å². The van der Waals surface area contributed by atoms with Gasteiger partial charge in [0.1, 0.15) is 0 Å². The zero-order chi connectivity index (χ0) is 19.7. The monoisotopic (exact) mass is 380 g/mol. The minimum absolute atomic E-state index is 0.401. The lowest BCUT2D eigenvalue weighted by atomic mass is 9.99. The molecule has 6 nitrogen and oxygen atoms in total. The number of rotatable bonds is 6. The molecule has 1 amide bonds. The summed E-state index contributed by atoms with van der Waals surface area (Å²) in [6.45, 7) is 6.99. The molecule has 146 valence electrons. The molecular formula is C22H24N2O4. The van der Waals surface area contributed by atoms with Crippen molar-refractivity contribution in [2.75, 3.05) is 31.3 Å². The minimum atomic E-state index is -0.450. The number of Topliss-reactive ketones (excluding diaryl/α,β-unsaturated/α-hetero) is 1. The first-order valence-corrected chi connectivity index (χ1v) is 9.71. The maximum atomic E-state index is 12.5. The molecule has 0 atom stereocenters. The number of ether oxygens (including phenoxy) is 2. The minimum Gasteiger partial charge on any atom is -0.490 e. The van der Waals surface area contributed by atoms with E-state index in [4.69, 9.17) is 9.47 Å². The van der Waals surface area contributed by atoms with E-state index in [0.29, 0.717) is 37.7 Å². The van der Waals surface area contributed by atoms with Crippen LogP contribution in [0.25, 0.3) is 0 Å². The van der Waals surface area contributed by atoms with Crippen LogP contribution >= 0.6 is 0 Å². The third-order valence-electron chi connectivity index (χ3n) is 5.18. The highest BCUT2D eigenvalue weighted by molar-refractivity contribution is 6.52. The summed E-state index contributed by atoms with van der Waals surface area (Å²) in [6.07, 6.45) is 0.861. The van der Waals surface area contributed by atoms with Crippen molar-refractivity contribution in [2.24, 2.45) is 0 Å². The van der Waals surface area contributed by atoms with Gasteiger partial charge in [0.05, 0.1) is 31.1 Å². The van der Waals surface area contributed by atoms with Crippen LogP contribution in [0.2, 0.25) is 0 Å². The first kappa shape index (κ1) is 18.5. The van der Waals surface area contributed by atoms with E-state index >= 15 is 0 Å². The molecule has 0 N–H and O–H groups in total. The van der Waals surface area contributed by atoms with Gasteiger partial charge in [0.2, 0.25) is 0 Å². The van der Waals surface area contributed by atoms with Gasteiger partial charge in [-0.2, -0.15) is 0 Å². The Kier molecular flexibility index (Phi) is 5.05. The van der Waals surface area contributed by atoms with Crippen molar-refractivity contribution in [1.29, 1.82) is 0 Å². The van der Waals surface area contributed by atoms with Gasteiger partial charge in [-0.25, -0.2) is 0 Å². The van der Waals surface area contributed by atoms with Crippen molar-refractivity contribution in [3.63, 3.8) is 0 Å². The van der Waals surface area contributed by atoms with Gasteiger partial charge in [0, 0.05) is 13.1 Å². The zero-order valence-corrected chi connectivity index (χ0v) is 16.2. The standard InChI is InChI=1S/C22H24N2O4/c1-3-27-19-11-15-9-10-23(13-16(15)12-20(19)28-4-2)14-24-18-8-6-5-7-17(18)21(25)22(24)26/h5-8,11-12H,3-4,9-10,13-14H2,1-2H3. The molecule has 2 aliphatic rings. The fourth-order valence-corrected chi connectivity index (χ4v) is 3.87. The number of ketones is 1. The van der Waals surface area contributed by atoms with Crippen LogP contribution in [0.3, 0.4) is 0 Å². The molecule has 4 rings (SSSR count). The molecule has 6 heteroatoms. The molecule has 0 saturated heterocycles. The summed E-state index contributed by atoms with van der Waals surface area (Å²) in [6, 6.07) is 11.3. The largest absolute Gasteiger partial charge is 0.490 e. The van der Waals surface area contributed by atoms with Crippen LogP contribution in [-0.2, 0) is 17.8 Å². The molecule has 0 saturated carbocycles. The number of hydrogen-bond donors (Lipinski definition) is 0. The van der Waals surface area contributed by atoms with Gasteiger partial charge in [-0.15, -0.1) is 0 Å². The molecule has 2 heterocycles. The van der Waals surface area contributed by atoms with Gasteiger partial charge in [0.15, 0.2) is 11.5 Å². The molecule has 0 bridgehead atoms. The Balaban J connectivity index is 1.55. The van der Waals surface area contributed by atoms with E-state index in [-0.39, 0.29) is 0 Å². The number of hydrogen-bond acceptors (Lipinski definition) is 5. The second-order valence-corrected chi connectivity index (χ2v) is 6.96. The van der Waals surface area contributed by atoms with E-state index in [1.807, 2.05) is 32.0 Å². The van der Waals surface area contributed by atoms with Crippen LogP contribution in [0.1, 0.15) is 35.3 Å². The molecule has 0 aromatic heterocycles. The van der Waals surface area contributed by atoms with Gasteiger partial charge in [-0.3, -0.25) is 19.4 Å². The second kappa shape index (κ2) is 7.64. The van der Waals surface area contributed by atoms with Gasteiger partial charge in [-0.05, 0) is 55.7 Å². The average Bonchev–Trinajstić information content (AvgIpc) is 2.94. The molecule has 0 aliphatic carbocycles. The van der Waals surface area contributed by atoms with Crippen molar-refractivity contribution in [3.05, 3.63) is 53.1 Å². The average molecular weight is 380 g/mol. The molecule has 0 fully saturated rings. The third kappa shape index (κ3) is 3.24. The Hall–Kier alpha value is -2.86. The lowest BCUT2D eigenvalue weighted by Crippen LogP contribution is -2.43. The highest BCUT2D eigenvalue weighted by Crippen LogP contribution is 2.35. The Morgan fingerprint density at radius 2 is 1.64 bits per heavy atom. The topological polar surface area (TPSA) is 59.1 Å². The van der Waals surface area contributed by atoms with E-state index in [1.165, 1.54) is 11.1 Å². The first-order chi connectivity index (χ1) is 13.6. The summed E-state index contributed by atoms with van der Waals surface area (Å²) >= 11 is 0. The molecule has 2 aromatic carbocycles. The highest BCUT2D eigenvalue weighted by atomic mass is 16.5. The van der Waals surface area contributed by atoms with Crippen molar-refractivity contribution < 1.29 is 19.1 Å². The van der Waals surface area contributed by atoms with E-state index in [9.17, 15) is 9.59 Å². The Morgan fingerprint density at radius 1 is 0.964 bits per heavy atom. The van der Waals surface area contributed by atoms with Crippen LogP contribution in [0.15, 0.2) is 36.4 Å². The van der Waals surface area contributed by atoms with E-state index in [0.717, 1.165) is 24.5 Å². The summed E-state index contributed by atoms with van der Waals surface area (Å²) in [5.74, 6) is 0.662. The molecular weight excluding hydrogens is 356 g/mol. The first-order valence-electron chi connectivity index (χ1n) is 9.71. The van der Waals surface area contributed by atoms with Crippen molar-refractivity contribution in [1.82, 2.24) is 4.90 Å². The summed E-state index contributed by atoms with van der Waals surface area (Å²) in [7, 11) is 0. The number of amides is 1. The van der Waals surface area contributed by atoms with E-state index in [1.54, 1.807) is 17.0 Å². The van der Waals surface area contributed by atoms with Crippen LogP contribution in [0.5, 0.6) is 11.5 Å². The molecule has 0 radical (unpaired) electrons. The predicted octanol–water partition coefficient (Wildman–Crippen LogP) is 3.03. The van der Waals surface area contributed by atoms with E-state index < -0.39 is 11.7 Å². The summed E-state index contributed by atoms with van der Waals surface area (Å²) in [4.78, 5) is 28.4. The van der Waals surface area contributed by atoms with Crippen molar-refractivity contribution in [3.8, 4) is 11.5 Å². The Bertz CT molecular complexity index is 925. The second-order valence-electron chi connectivity index (χ2n) is 6.96. The van der Waals surface area contributed by atoms with Crippen LogP contribution in [0, 0.1) is 0 Å². The molecule has 0 spiro atoms. The molecule has 28 heavy (non-hydrogen) atoms. The number of para-hydroxylation sites is 1. The maximum absolute atomic E-state index is 12.5. The number of fused-ring (bicyclic) bond motifs is 2. The Morgan fingerprint density at radius 3 is 2.36 bits per heavy atom. The lowest BCUT2D eigenvalue weighted by molar-refractivity contribution is -0.114. The fraction of sp³-hybridized carbons (Fsp3) is 0.364. The van der Waals surface area contributed by atoms with Crippen molar-refractivity contribution >= 4 is 17.4 Å². The smallest absolute Gasteiger partial charge is 0.300 e. The number of carbonyl (C=O) groups is 2. The zero-order valence-electron chi connectivity index (χ0n) is 16.2. The summed E-state index contributed by atoms with van der Waals surface area (Å²) < 4.78 is 11.5. The SMILES string of the molecule is CCOc1cc2c(cc1OCC)CN(CN1C(=O)C(=O)c3ccccc31)CC2. The van der Waals surface area contributed by atoms with E-state index in [2.05, 4.69) is 11.0 Å². The van der Waals surface area contributed by atoms with Gasteiger partial charge < -0.3 is 9.47 Å². The van der Waals surface area contributed by atoms with Gasteiger partial charge in [-0.1, -0.05) is 12.1 Å². The molecule has 2 aromatic rings. The third-order valence-corrected chi connectivity index (χ3v) is 5.18. The molecule has 0 unspecified atom stereocenters. The summed E-state index contributed by atoms with van der Waals surface area (Å²) in [5.41, 5.74) is 3.60. The number of anilines is 1.